The van der Waals surface area contributed by atoms with Gasteiger partial charge < -0.3 is 9.88 Å². The molecule has 0 radical (unpaired) electrons. The van der Waals surface area contributed by atoms with Gasteiger partial charge in [0.1, 0.15) is 0 Å². The second kappa shape index (κ2) is 6.61. The lowest BCUT2D eigenvalue weighted by atomic mass is 10.1. The second-order valence-corrected chi connectivity index (χ2v) is 7.11. The summed E-state index contributed by atoms with van der Waals surface area (Å²) in [6.07, 6.45) is 0. The van der Waals surface area contributed by atoms with Gasteiger partial charge in [0.05, 0.1) is 16.9 Å². The van der Waals surface area contributed by atoms with E-state index in [1.165, 1.54) is 11.3 Å². The zero-order valence-corrected chi connectivity index (χ0v) is 14.8. The summed E-state index contributed by atoms with van der Waals surface area (Å²) in [6.45, 7) is 6.20. The van der Waals surface area contributed by atoms with Crippen LogP contribution in [-0.2, 0) is 6.54 Å². The maximum atomic E-state index is 12.7. The first-order valence-corrected chi connectivity index (χ1v) is 8.81. The van der Waals surface area contributed by atoms with Crippen LogP contribution in [-0.4, -0.2) is 21.8 Å². The number of hydrogen-bond donors (Lipinski definition) is 1. The van der Waals surface area contributed by atoms with Crippen LogP contribution in [0.4, 0.5) is 0 Å². The Balaban J connectivity index is 1.98. The number of carbonyl (C=O) groups excluding carboxylic acids is 1. The number of aryl methyl sites for hydroxylation is 1. The Hall–Kier alpha value is -2.40. The molecule has 1 amide bonds. The van der Waals surface area contributed by atoms with Crippen LogP contribution in [0.15, 0.2) is 46.6 Å². The lowest BCUT2D eigenvalue weighted by Crippen LogP contribution is -2.37. The Labute approximate surface area is 144 Å². The zero-order valence-electron chi connectivity index (χ0n) is 14.0. The van der Waals surface area contributed by atoms with Crippen LogP contribution < -0.4 is 5.56 Å². The topological polar surface area (TPSA) is 53.2 Å². The Morgan fingerprint density at radius 3 is 2.71 bits per heavy atom. The molecule has 2 aromatic heterocycles. The van der Waals surface area contributed by atoms with Gasteiger partial charge in [0.15, 0.2) is 0 Å². The van der Waals surface area contributed by atoms with Crippen molar-refractivity contribution in [3.63, 3.8) is 0 Å². The van der Waals surface area contributed by atoms with E-state index in [2.05, 4.69) is 4.98 Å². The molecule has 3 aromatic rings. The molecular weight excluding hydrogens is 320 g/mol. The molecule has 0 fully saturated rings. The highest BCUT2D eigenvalue weighted by Gasteiger charge is 2.21. The number of carbonyl (C=O) groups is 1. The fourth-order valence-corrected chi connectivity index (χ4v) is 3.44. The van der Waals surface area contributed by atoms with E-state index in [9.17, 15) is 9.59 Å². The van der Waals surface area contributed by atoms with Crippen molar-refractivity contribution in [1.29, 1.82) is 0 Å². The smallest absolute Gasteiger partial charge is 0.264 e. The standard InChI is InChI=1S/C19H20N2O2S/c1-12(2)21(19(23)16-8-5-9-24-16)11-15-10-14-7-4-6-13(3)17(14)20-18(15)22/h4-10,12H,11H2,1-3H3,(H,20,22). The Kier molecular flexibility index (Phi) is 4.53. The molecule has 0 unspecified atom stereocenters. The van der Waals surface area contributed by atoms with Gasteiger partial charge in [-0.1, -0.05) is 24.3 Å². The number of aromatic amines is 1. The fourth-order valence-electron chi connectivity index (χ4n) is 2.76. The summed E-state index contributed by atoms with van der Waals surface area (Å²) in [6, 6.07) is 11.5. The molecule has 1 N–H and O–H groups in total. The van der Waals surface area contributed by atoms with Crippen LogP contribution in [0.3, 0.4) is 0 Å². The minimum Gasteiger partial charge on any atom is -0.331 e. The van der Waals surface area contributed by atoms with Crippen LogP contribution in [0, 0.1) is 6.92 Å². The summed E-state index contributed by atoms with van der Waals surface area (Å²) in [5, 5.41) is 2.87. The van der Waals surface area contributed by atoms with Gasteiger partial charge in [-0.15, -0.1) is 11.3 Å². The zero-order chi connectivity index (χ0) is 17.3. The predicted molar refractivity (Wildman–Crippen MR) is 98.6 cm³/mol. The molecule has 0 atom stereocenters. The SMILES string of the molecule is Cc1cccc2cc(CN(C(=O)c3cccs3)C(C)C)c(=O)[nH]c12. The van der Waals surface area contributed by atoms with Crippen molar-refractivity contribution in [2.75, 3.05) is 0 Å². The van der Waals surface area contributed by atoms with Gasteiger partial charge in [0, 0.05) is 11.6 Å². The van der Waals surface area contributed by atoms with Crippen molar-refractivity contribution in [3.05, 3.63) is 68.1 Å². The third-order valence-corrected chi connectivity index (χ3v) is 4.98. The number of thiophene rings is 1. The normalized spacial score (nSPS) is 11.2. The number of pyridine rings is 1. The minimum atomic E-state index is -0.138. The summed E-state index contributed by atoms with van der Waals surface area (Å²) >= 11 is 1.42. The van der Waals surface area contributed by atoms with Gasteiger partial charge in [-0.25, -0.2) is 0 Å². The van der Waals surface area contributed by atoms with Gasteiger partial charge in [0.25, 0.3) is 11.5 Å². The van der Waals surface area contributed by atoms with Crippen LogP contribution in [0.2, 0.25) is 0 Å². The number of amides is 1. The lowest BCUT2D eigenvalue weighted by Gasteiger charge is -2.26. The molecular formula is C19H20N2O2S. The molecule has 124 valence electrons. The van der Waals surface area contributed by atoms with Gasteiger partial charge >= 0.3 is 0 Å². The Morgan fingerprint density at radius 2 is 2.04 bits per heavy atom. The Morgan fingerprint density at radius 1 is 1.25 bits per heavy atom. The second-order valence-electron chi connectivity index (χ2n) is 6.17. The molecule has 4 nitrogen and oxygen atoms in total. The predicted octanol–water partition coefficient (Wildman–Crippen LogP) is 3.95. The fraction of sp³-hybridized carbons (Fsp3) is 0.263. The molecule has 0 aliphatic heterocycles. The molecule has 1 aromatic carbocycles. The largest absolute Gasteiger partial charge is 0.331 e. The number of benzene rings is 1. The molecule has 0 spiro atoms. The van der Waals surface area contributed by atoms with Crippen molar-refractivity contribution < 1.29 is 4.79 Å². The number of fused-ring (bicyclic) bond motifs is 1. The van der Waals surface area contributed by atoms with E-state index in [0.717, 1.165) is 16.5 Å². The highest BCUT2D eigenvalue weighted by Crippen LogP contribution is 2.19. The maximum Gasteiger partial charge on any atom is 0.264 e. The first-order chi connectivity index (χ1) is 11.5. The van der Waals surface area contributed by atoms with Crippen molar-refractivity contribution in [2.45, 2.75) is 33.4 Å². The van der Waals surface area contributed by atoms with Crippen molar-refractivity contribution >= 4 is 28.1 Å². The number of hydrogen-bond acceptors (Lipinski definition) is 3. The summed E-state index contributed by atoms with van der Waals surface area (Å²) in [4.78, 5) is 30.5. The number of rotatable bonds is 4. The summed E-state index contributed by atoms with van der Waals surface area (Å²) in [7, 11) is 0. The van der Waals surface area contributed by atoms with Crippen LogP contribution in [0.25, 0.3) is 10.9 Å². The van der Waals surface area contributed by atoms with Gasteiger partial charge in [-0.3, -0.25) is 9.59 Å². The summed E-state index contributed by atoms with van der Waals surface area (Å²) < 4.78 is 0. The van der Waals surface area contributed by atoms with E-state index >= 15 is 0 Å². The summed E-state index contributed by atoms with van der Waals surface area (Å²) in [5.41, 5.74) is 2.35. The maximum absolute atomic E-state index is 12.7. The third kappa shape index (κ3) is 3.12. The van der Waals surface area contributed by atoms with E-state index in [1.54, 1.807) is 4.90 Å². The van der Waals surface area contributed by atoms with Crippen molar-refractivity contribution in [2.24, 2.45) is 0 Å². The van der Waals surface area contributed by atoms with E-state index in [1.807, 2.05) is 62.5 Å². The van der Waals surface area contributed by atoms with Crippen molar-refractivity contribution in [3.8, 4) is 0 Å². The molecule has 3 rings (SSSR count). The van der Waals surface area contributed by atoms with E-state index in [4.69, 9.17) is 0 Å². The van der Waals surface area contributed by atoms with Gasteiger partial charge in [0.2, 0.25) is 0 Å². The molecule has 0 saturated carbocycles. The number of aromatic nitrogens is 1. The first kappa shape index (κ1) is 16.5. The highest BCUT2D eigenvalue weighted by molar-refractivity contribution is 7.12. The van der Waals surface area contributed by atoms with Crippen LogP contribution >= 0.6 is 11.3 Å². The lowest BCUT2D eigenvalue weighted by molar-refractivity contribution is 0.0695. The molecule has 0 saturated heterocycles. The molecule has 0 aliphatic rings. The number of para-hydroxylation sites is 1. The number of nitrogens with one attached hydrogen (secondary N) is 1. The van der Waals surface area contributed by atoms with E-state index < -0.39 is 0 Å². The summed E-state index contributed by atoms with van der Waals surface area (Å²) in [5.74, 6) is -0.0382. The van der Waals surface area contributed by atoms with Crippen molar-refractivity contribution in [1.82, 2.24) is 9.88 Å². The average Bonchev–Trinajstić information content (AvgIpc) is 3.07. The van der Waals surface area contributed by atoms with Gasteiger partial charge in [-0.2, -0.15) is 0 Å². The third-order valence-electron chi connectivity index (χ3n) is 4.12. The molecule has 0 bridgehead atoms. The molecule has 24 heavy (non-hydrogen) atoms. The van der Waals surface area contributed by atoms with Crippen LogP contribution in [0.5, 0.6) is 0 Å². The molecule has 0 aliphatic carbocycles. The highest BCUT2D eigenvalue weighted by atomic mass is 32.1. The monoisotopic (exact) mass is 340 g/mol. The van der Waals surface area contributed by atoms with Crippen LogP contribution in [0.1, 0.15) is 34.6 Å². The molecule has 2 heterocycles. The first-order valence-electron chi connectivity index (χ1n) is 7.93. The van der Waals surface area contributed by atoms with E-state index in [0.29, 0.717) is 17.0 Å². The average molecular weight is 340 g/mol. The molecule has 5 heteroatoms. The Bertz CT molecular complexity index is 926. The minimum absolute atomic E-state index is 0.00667. The van der Waals surface area contributed by atoms with E-state index in [-0.39, 0.29) is 17.5 Å². The number of H-pyrrole nitrogens is 1. The number of nitrogens with zero attached hydrogens (tertiary/aromatic N) is 1. The van der Waals surface area contributed by atoms with Gasteiger partial charge in [-0.05, 0) is 49.2 Å². The quantitative estimate of drug-likeness (QED) is 0.782.